The Morgan fingerprint density at radius 2 is 1.67 bits per heavy atom. The van der Waals surface area contributed by atoms with Gasteiger partial charge < -0.3 is 10.2 Å². The minimum atomic E-state index is -1.06. The molecule has 0 spiro atoms. The van der Waals surface area contributed by atoms with Crippen LogP contribution in [0.25, 0.3) is 0 Å². The maximum Gasteiger partial charge on any atom is 0.332 e. The second-order valence-corrected chi connectivity index (χ2v) is 5.40. The van der Waals surface area contributed by atoms with Crippen molar-refractivity contribution < 1.29 is 19.8 Å². The maximum absolute atomic E-state index is 11.4. The lowest BCUT2D eigenvalue weighted by Gasteiger charge is -2.22. The van der Waals surface area contributed by atoms with Crippen molar-refractivity contribution in [3.63, 3.8) is 0 Å². The van der Waals surface area contributed by atoms with Crippen molar-refractivity contribution in [3.05, 3.63) is 11.1 Å². The first-order valence-electron chi connectivity index (χ1n) is 6.61. The van der Waals surface area contributed by atoms with Crippen molar-refractivity contribution in [2.45, 2.75) is 52.4 Å². The van der Waals surface area contributed by atoms with Crippen molar-refractivity contribution in [1.29, 1.82) is 0 Å². The first kappa shape index (κ1) is 14.7. The third kappa shape index (κ3) is 3.86. The molecule has 0 bridgehead atoms. The molecule has 1 saturated carbocycles. The molecule has 0 aromatic rings. The predicted molar refractivity (Wildman–Crippen MR) is 68.3 cm³/mol. The molecule has 1 rings (SSSR count). The Hall–Kier alpha value is -1.32. The number of carboxylic acids is 2. The molecule has 102 valence electrons. The predicted octanol–water partition coefficient (Wildman–Crippen LogP) is 3.08. The topological polar surface area (TPSA) is 74.6 Å². The summed E-state index contributed by atoms with van der Waals surface area (Å²) < 4.78 is 0. The van der Waals surface area contributed by atoms with E-state index in [2.05, 4.69) is 0 Å². The van der Waals surface area contributed by atoms with Gasteiger partial charge in [0.05, 0.1) is 11.5 Å². The van der Waals surface area contributed by atoms with Gasteiger partial charge in [0, 0.05) is 0 Å². The van der Waals surface area contributed by atoms with E-state index >= 15 is 0 Å². The first-order valence-corrected chi connectivity index (χ1v) is 6.61. The highest BCUT2D eigenvalue weighted by atomic mass is 16.4. The molecule has 0 radical (unpaired) electrons. The van der Waals surface area contributed by atoms with Crippen molar-refractivity contribution >= 4 is 11.9 Å². The molecule has 1 aliphatic carbocycles. The van der Waals surface area contributed by atoms with E-state index in [1.165, 1.54) is 0 Å². The number of hydrogen-bond donors (Lipinski definition) is 2. The lowest BCUT2D eigenvalue weighted by atomic mass is 9.82. The monoisotopic (exact) mass is 254 g/mol. The van der Waals surface area contributed by atoms with E-state index in [1.54, 1.807) is 0 Å². The summed E-state index contributed by atoms with van der Waals surface area (Å²) >= 11 is 0. The molecular formula is C14H22O4. The van der Waals surface area contributed by atoms with Gasteiger partial charge in [0.15, 0.2) is 0 Å². The van der Waals surface area contributed by atoms with Crippen LogP contribution in [0.3, 0.4) is 0 Å². The largest absolute Gasteiger partial charge is 0.481 e. The Bertz CT molecular complexity index is 347. The molecule has 4 nitrogen and oxygen atoms in total. The Kier molecular flexibility index (Phi) is 5.38. The molecule has 0 aliphatic heterocycles. The molecule has 1 unspecified atom stereocenters. The van der Waals surface area contributed by atoms with Crippen LogP contribution in [0.5, 0.6) is 0 Å². The SMILES string of the molecule is CC(C)CC(C(=O)O)C(C(=O)O)=C1CCCCC1. The Morgan fingerprint density at radius 1 is 1.11 bits per heavy atom. The molecule has 4 heteroatoms. The highest BCUT2D eigenvalue weighted by Crippen LogP contribution is 2.32. The number of carboxylic acid groups (broad SMARTS) is 2. The molecule has 2 N–H and O–H groups in total. The fourth-order valence-corrected chi connectivity index (χ4v) is 2.61. The molecule has 18 heavy (non-hydrogen) atoms. The average Bonchev–Trinajstić information content (AvgIpc) is 2.28. The lowest BCUT2D eigenvalue weighted by Crippen LogP contribution is -2.25. The van der Waals surface area contributed by atoms with Crippen LogP contribution >= 0.6 is 0 Å². The van der Waals surface area contributed by atoms with Gasteiger partial charge in [-0.15, -0.1) is 0 Å². The molecule has 1 aliphatic rings. The van der Waals surface area contributed by atoms with Gasteiger partial charge in [-0.1, -0.05) is 25.8 Å². The fourth-order valence-electron chi connectivity index (χ4n) is 2.61. The van der Waals surface area contributed by atoms with Crippen LogP contribution in [0.15, 0.2) is 11.1 Å². The second kappa shape index (κ2) is 6.57. The summed E-state index contributed by atoms with van der Waals surface area (Å²) in [7, 11) is 0. The highest BCUT2D eigenvalue weighted by molar-refractivity contribution is 5.94. The van der Waals surface area contributed by atoms with Crippen LogP contribution < -0.4 is 0 Å². The van der Waals surface area contributed by atoms with Crippen LogP contribution in [-0.2, 0) is 9.59 Å². The Morgan fingerprint density at radius 3 is 2.06 bits per heavy atom. The number of rotatable bonds is 5. The van der Waals surface area contributed by atoms with Crippen LogP contribution in [0.1, 0.15) is 52.4 Å². The minimum Gasteiger partial charge on any atom is -0.481 e. The van der Waals surface area contributed by atoms with Gasteiger partial charge in [-0.2, -0.15) is 0 Å². The van der Waals surface area contributed by atoms with Crippen LogP contribution in [0, 0.1) is 11.8 Å². The smallest absolute Gasteiger partial charge is 0.332 e. The standard InChI is InChI=1S/C14H22O4/c1-9(2)8-11(13(15)16)12(14(17)18)10-6-4-3-5-7-10/h9,11H,3-8H2,1-2H3,(H,15,16)(H,17,18). The van der Waals surface area contributed by atoms with E-state index < -0.39 is 17.9 Å². The van der Waals surface area contributed by atoms with E-state index in [4.69, 9.17) is 0 Å². The normalized spacial score (nSPS) is 17.6. The molecule has 1 fully saturated rings. The van der Waals surface area contributed by atoms with Crippen molar-refractivity contribution in [2.75, 3.05) is 0 Å². The van der Waals surface area contributed by atoms with E-state index in [0.717, 1.165) is 37.7 Å². The summed E-state index contributed by atoms with van der Waals surface area (Å²) in [6.45, 7) is 3.84. The summed E-state index contributed by atoms with van der Waals surface area (Å²) in [4.78, 5) is 22.7. The summed E-state index contributed by atoms with van der Waals surface area (Å²) in [5.41, 5.74) is 0.998. The number of allylic oxidation sites excluding steroid dienone is 1. The van der Waals surface area contributed by atoms with E-state index in [-0.39, 0.29) is 11.5 Å². The molecule has 0 amide bonds. The van der Waals surface area contributed by atoms with Gasteiger partial charge >= 0.3 is 11.9 Å². The first-order chi connectivity index (χ1) is 8.43. The number of carbonyl (C=O) groups is 2. The van der Waals surface area contributed by atoms with Crippen LogP contribution in [-0.4, -0.2) is 22.2 Å². The van der Waals surface area contributed by atoms with E-state index in [9.17, 15) is 19.8 Å². The Labute approximate surface area is 108 Å². The third-order valence-electron chi connectivity index (χ3n) is 3.42. The van der Waals surface area contributed by atoms with E-state index in [0.29, 0.717) is 6.42 Å². The molecule has 0 heterocycles. The zero-order chi connectivity index (χ0) is 13.7. The van der Waals surface area contributed by atoms with Crippen molar-refractivity contribution in [1.82, 2.24) is 0 Å². The summed E-state index contributed by atoms with van der Waals surface area (Å²) in [6, 6.07) is 0. The van der Waals surface area contributed by atoms with Gasteiger partial charge in [-0.05, 0) is 38.0 Å². The third-order valence-corrected chi connectivity index (χ3v) is 3.42. The second-order valence-electron chi connectivity index (χ2n) is 5.40. The zero-order valence-electron chi connectivity index (χ0n) is 11.1. The summed E-state index contributed by atoms with van der Waals surface area (Å²) in [6.07, 6.45) is 4.92. The van der Waals surface area contributed by atoms with Gasteiger partial charge in [-0.25, -0.2) is 4.79 Å². The summed E-state index contributed by atoms with van der Waals surface area (Å²) in [5, 5.41) is 18.6. The molecule has 0 aromatic heterocycles. The molecule has 0 saturated heterocycles. The molecular weight excluding hydrogens is 232 g/mol. The highest BCUT2D eigenvalue weighted by Gasteiger charge is 2.31. The lowest BCUT2D eigenvalue weighted by molar-refractivity contribution is -0.144. The zero-order valence-corrected chi connectivity index (χ0v) is 11.1. The van der Waals surface area contributed by atoms with E-state index in [1.807, 2.05) is 13.8 Å². The van der Waals surface area contributed by atoms with Gasteiger partial charge in [0.2, 0.25) is 0 Å². The quantitative estimate of drug-likeness (QED) is 0.739. The van der Waals surface area contributed by atoms with Crippen LogP contribution in [0.4, 0.5) is 0 Å². The minimum absolute atomic E-state index is 0.149. The Balaban J connectivity index is 3.07. The maximum atomic E-state index is 11.4. The number of hydrogen-bond acceptors (Lipinski definition) is 2. The van der Waals surface area contributed by atoms with Crippen molar-refractivity contribution in [2.24, 2.45) is 11.8 Å². The molecule has 0 aromatic carbocycles. The average molecular weight is 254 g/mol. The van der Waals surface area contributed by atoms with Crippen molar-refractivity contribution in [3.8, 4) is 0 Å². The van der Waals surface area contributed by atoms with Gasteiger partial charge in [-0.3, -0.25) is 4.79 Å². The number of aliphatic carboxylic acids is 2. The molecule has 1 atom stereocenters. The van der Waals surface area contributed by atoms with Gasteiger partial charge in [0.1, 0.15) is 0 Å². The fraction of sp³-hybridized carbons (Fsp3) is 0.714. The van der Waals surface area contributed by atoms with Crippen LogP contribution in [0.2, 0.25) is 0 Å². The summed E-state index contributed by atoms with van der Waals surface area (Å²) in [5.74, 6) is -2.76. The van der Waals surface area contributed by atoms with Gasteiger partial charge in [0.25, 0.3) is 0 Å².